The molecule has 1 N–H and O–H groups in total. The van der Waals surface area contributed by atoms with Crippen LogP contribution in [0.5, 0.6) is 0 Å². The second kappa shape index (κ2) is 8.50. The Morgan fingerprint density at radius 1 is 1.10 bits per heavy atom. The van der Waals surface area contributed by atoms with E-state index in [1.807, 2.05) is 32.0 Å². The zero-order chi connectivity index (χ0) is 22.0. The molecule has 10 nitrogen and oxygen atoms in total. The SMILES string of the molecule is Cc1cc(C)n(-c2ccc(N3CCC(C(=O)Nc4cccc([N+](=O)[O-])c4)CC3)nn2)n1. The number of nitrogens with zero attached hydrogens (tertiary/aromatic N) is 6. The monoisotopic (exact) mass is 421 g/mol. The second-order valence-electron chi connectivity index (χ2n) is 7.65. The predicted octanol–water partition coefficient (Wildman–Crippen LogP) is 3.04. The molecule has 1 saturated heterocycles. The number of nitrogens with one attached hydrogen (secondary N) is 1. The summed E-state index contributed by atoms with van der Waals surface area (Å²) >= 11 is 0. The van der Waals surface area contributed by atoms with Crippen LogP contribution in [0.3, 0.4) is 0 Å². The molecule has 0 radical (unpaired) electrons. The number of rotatable bonds is 5. The molecule has 1 aromatic carbocycles. The number of aryl methyl sites for hydroxylation is 2. The lowest BCUT2D eigenvalue weighted by Crippen LogP contribution is -2.38. The van der Waals surface area contributed by atoms with Crippen LogP contribution >= 0.6 is 0 Å². The Labute approximate surface area is 179 Å². The zero-order valence-corrected chi connectivity index (χ0v) is 17.4. The van der Waals surface area contributed by atoms with Crippen molar-refractivity contribution in [1.82, 2.24) is 20.0 Å². The average Bonchev–Trinajstić information content (AvgIpc) is 3.12. The Bertz CT molecular complexity index is 1100. The number of benzene rings is 1. The highest BCUT2D eigenvalue weighted by molar-refractivity contribution is 5.93. The number of nitro groups is 1. The van der Waals surface area contributed by atoms with E-state index in [-0.39, 0.29) is 17.5 Å². The first-order valence-electron chi connectivity index (χ1n) is 10.1. The largest absolute Gasteiger partial charge is 0.355 e. The molecule has 0 unspecified atom stereocenters. The molecule has 0 atom stereocenters. The highest BCUT2D eigenvalue weighted by Crippen LogP contribution is 2.24. The van der Waals surface area contributed by atoms with Gasteiger partial charge in [-0.05, 0) is 51.0 Å². The molecule has 2 aromatic heterocycles. The lowest BCUT2D eigenvalue weighted by atomic mass is 9.96. The molecule has 1 amide bonds. The van der Waals surface area contributed by atoms with Crippen LogP contribution in [0.2, 0.25) is 0 Å². The van der Waals surface area contributed by atoms with E-state index in [9.17, 15) is 14.9 Å². The van der Waals surface area contributed by atoms with Crippen LogP contribution < -0.4 is 10.2 Å². The number of hydrogen-bond acceptors (Lipinski definition) is 7. The van der Waals surface area contributed by atoms with Gasteiger partial charge in [-0.25, -0.2) is 4.68 Å². The van der Waals surface area contributed by atoms with Gasteiger partial charge >= 0.3 is 0 Å². The van der Waals surface area contributed by atoms with Gasteiger partial charge in [-0.2, -0.15) is 5.10 Å². The van der Waals surface area contributed by atoms with Crippen molar-refractivity contribution in [3.63, 3.8) is 0 Å². The van der Waals surface area contributed by atoms with Gasteiger partial charge in [0.2, 0.25) is 5.91 Å². The Morgan fingerprint density at radius 2 is 1.81 bits per heavy atom. The molecule has 0 aliphatic carbocycles. The summed E-state index contributed by atoms with van der Waals surface area (Å²) < 4.78 is 1.76. The van der Waals surface area contributed by atoms with E-state index in [0.29, 0.717) is 37.4 Å². The third-order valence-electron chi connectivity index (χ3n) is 5.38. The molecule has 160 valence electrons. The van der Waals surface area contributed by atoms with E-state index in [1.54, 1.807) is 16.8 Å². The molecule has 0 spiro atoms. The van der Waals surface area contributed by atoms with Crippen LogP contribution in [0, 0.1) is 29.9 Å². The van der Waals surface area contributed by atoms with Crippen LogP contribution in [-0.4, -0.2) is 43.9 Å². The second-order valence-corrected chi connectivity index (χ2v) is 7.65. The number of hydrogen-bond donors (Lipinski definition) is 1. The van der Waals surface area contributed by atoms with Crippen molar-refractivity contribution in [3.8, 4) is 5.82 Å². The molecule has 4 rings (SSSR count). The summed E-state index contributed by atoms with van der Waals surface area (Å²) in [5.41, 5.74) is 2.31. The highest BCUT2D eigenvalue weighted by atomic mass is 16.6. The first kappa shape index (κ1) is 20.5. The maximum Gasteiger partial charge on any atom is 0.271 e. The average molecular weight is 421 g/mol. The fourth-order valence-corrected chi connectivity index (χ4v) is 3.77. The van der Waals surface area contributed by atoms with Crippen LogP contribution in [0.1, 0.15) is 24.2 Å². The van der Waals surface area contributed by atoms with Crippen molar-refractivity contribution in [2.75, 3.05) is 23.3 Å². The molecular formula is C21H23N7O3. The Kier molecular flexibility index (Phi) is 5.61. The summed E-state index contributed by atoms with van der Waals surface area (Å²) in [4.78, 5) is 25.1. The van der Waals surface area contributed by atoms with Gasteiger partial charge in [0.25, 0.3) is 5.69 Å². The lowest BCUT2D eigenvalue weighted by molar-refractivity contribution is -0.384. The standard InChI is InChI=1S/C21H23N7O3/c1-14-12-15(2)27(25-14)20-7-6-19(23-24-20)26-10-8-16(9-11-26)21(29)22-17-4-3-5-18(13-17)28(30)31/h3-7,12-13,16H,8-11H2,1-2H3,(H,22,29). The summed E-state index contributed by atoms with van der Waals surface area (Å²) in [6, 6.07) is 11.8. The number of anilines is 2. The Hall–Kier alpha value is -3.82. The number of non-ortho nitro benzene ring substituents is 1. The molecule has 3 aromatic rings. The predicted molar refractivity (Wildman–Crippen MR) is 115 cm³/mol. The first-order valence-corrected chi connectivity index (χ1v) is 10.1. The van der Waals surface area contributed by atoms with Gasteiger partial charge in [-0.1, -0.05) is 6.07 Å². The Morgan fingerprint density at radius 3 is 2.42 bits per heavy atom. The van der Waals surface area contributed by atoms with Gasteiger partial charge in [0, 0.05) is 42.5 Å². The summed E-state index contributed by atoms with van der Waals surface area (Å²) in [6.07, 6.45) is 1.34. The number of nitro benzene ring substituents is 1. The van der Waals surface area contributed by atoms with E-state index < -0.39 is 4.92 Å². The molecule has 10 heteroatoms. The Balaban J connectivity index is 1.35. The van der Waals surface area contributed by atoms with Gasteiger partial charge < -0.3 is 10.2 Å². The molecule has 3 heterocycles. The van der Waals surface area contributed by atoms with Crippen LogP contribution in [0.15, 0.2) is 42.5 Å². The van der Waals surface area contributed by atoms with Crippen LogP contribution in [-0.2, 0) is 4.79 Å². The maximum atomic E-state index is 12.6. The quantitative estimate of drug-likeness (QED) is 0.497. The molecule has 1 aliphatic heterocycles. The van der Waals surface area contributed by atoms with Crippen molar-refractivity contribution < 1.29 is 9.72 Å². The van der Waals surface area contributed by atoms with Gasteiger partial charge in [0.05, 0.1) is 10.6 Å². The molecular weight excluding hydrogens is 398 g/mol. The van der Waals surface area contributed by atoms with Crippen molar-refractivity contribution >= 4 is 23.1 Å². The molecule has 0 saturated carbocycles. The molecule has 1 aliphatic rings. The fraction of sp³-hybridized carbons (Fsp3) is 0.333. The third-order valence-corrected chi connectivity index (χ3v) is 5.38. The zero-order valence-electron chi connectivity index (χ0n) is 17.4. The fourth-order valence-electron chi connectivity index (χ4n) is 3.77. The molecule has 31 heavy (non-hydrogen) atoms. The minimum Gasteiger partial charge on any atom is -0.355 e. The van der Waals surface area contributed by atoms with Crippen molar-refractivity contribution in [2.45, 2.75) is 26.7 Å². The van der Waals surface area contributed by atoms with E-state index >= 15 is 0 Å². The summed E-state index contributed by atoms with van der Waals surface area (Å²) in [7, 11) is 0. The number of carbonyl (C=O) groups excluding carboxylic acids is 1. The lowest BCUT2D eigenvalue weighted by Gasteiger charge is -2.31. The smallest absolute Gasteiger partial charge is 0.271 e. The topological polar surface area (TPSA) is 119 Å². The number of aromatic nitrogens is 4. The van der Waals surface area contributed by atoms with E-state index in [1.165, 1.54) is 12.1 Å². The van der Waals surface area contributed by atoms with Crippen LogP contribution in [0.25, 0.3) is 5.82 Å². The molecule has 0 bridgehead atoms. The molecule has 1 fully saturated rings. The first-order chi connectivity index (χ1) is 14.9. The maximum absolute atomic E-state index is 12.6. The van der Waals surface area contributed by atoms with Crippen molar-refractivity contribution in [1.29, 1.82) is 0 Å². The van der Waals surface area contributed by atoms with E-state index in [2.05, 4.69) is 25.5 Å². The normalized spacial score (nSPS) is 14.5. The minimum atomic E-state index is -0.477. The van der Waals surface area contributed by atoms with Crippen LogP contribution in [0.4, 0.5) is 17.2 Å². The van der Waals surface area contributed by atoms with Gasteiger partial charge in [-0.3, -0.25) is 14.9 Å². The van der Waals surface area contributed by atoms with Gasteiger partial charge in [0.15, 0.2) is 11.6 Å². The summed E-state index contributed by atoms with van der Waals surface area (Å²) in [5, 5.41) is 26.8. The summed E-state index contributed by atoms with van der Waals surface area (Å²) in [6.45, 7) is 5.27. The third kappa shape index (κ3) is 4.52. The number of piperidine rings is 1. The summed E-state index contributed by atoms with van der Waals surface area (Å²) in [5.74, 6) is 1.16. The van der Waals surface area contributed by atoms with E-state index in [4.69, 9.17) is 0 Å². The van der Waals surface area contributed by atoms with Gasteiger partial charge in [-0.15, -0.1) is 10.2 Å². The van der Waals surface area contributed by atoms with Crippen molar-refractivity contribution in [3.05, 3.63) is 64.0 Å². The highest BCUT2D eigenvalue weighted by Gasteiger charge is 2.26. The van der Waals surface area contributed by atoms with E-state index in [0.717, 1.165) is 17.2 Å². The van der Waals surface area contributed by atoms with Gasteiger partial charge in [0.1, 0.15) is 0 Å². The minimum absolute atomic E-state index is 0.0462. The number of amides is 1. The van der Waals surface area contributed by atoms with Crippen molar-refractivity contribution in [2.24, 2.45) is 5.92 Å². The number of carbonyl (C=O) groups is 1.